The molecule has 0 aromatic rings. The fourth-order valence-corrected chi connectivity index (χ4v) is 0. The third-order valence-electron chi connectivity index (χ3n) is 0. The molecular weight excluding hydrogens is 299 g/mol. The zero-order chi connectivity index (χ0) is 17.0. The minimum absolute atomic E-state index is 0.194. The fourth-order valence-electron chi connectivity index (χ4n) is 0. The third-order valence-corrected chi connectivity index (χ3v) is 0. The minimum Gasteiger partial charge on any atom is -0.450 e. The molecule has 0 aliphatic heterocycles. The smallest absolute Gasteiger partial charge is 0.450 e. The van der Waals surface area contributed by atoms with Gasteiger partial charge in [0.25, 0.3) is 0 Å². The second-order valence-electron chi connectivity index (χ2n) is 4.13. The van der Waals surface area contributed by atoms with E-state index in [0.717, 1.165) is 11.8 Å². The van der Waals surface area contributed by atoms with Crippen molar-refractivity contribution < 1.29 is 30.0 Å². The summed E-state index contributed by atoms with van der Waals surface area (Å²) in [6.45, 7) is 13.0. The quantitative estimate of drug-likeness (QED) is 0.455. The molecule has 19 heavy (non-hydrogen) atoms. The van der Waals surface area contributed by atoms with Crippen molar-refractivity contribution in [3.8, 4) is 0 Å². The molecule has 0 aliphatic rings. The van der Waals surface area contributed by atoms with E-state index in [1.165, 1.54) is 0 Å². The molecule has 0 saturated carbocycles. The molecule has 0 atom stereocenters. The lowest BCUT2D eigenvalue weighted by Crippen LogP contribution is -1.81. The summed E-state index contributed by atoms with van der Waals surface area (Å²) in [7, 11) is 0. The van der Waals surface area contributed by atoms with E-state index >= 15 is 0 Å². The van der Waals surface area contributed by atoms with Gasteiger partial charge in [-0.3, -0.25) is 0 Å². The van der Waals surface area contributed by atoms with Gasteiger partial charge in [0.2, 0.25) is 0 Å². The van der Waals surface area contributed by atoms with E-state index in [4.69, 9.17) is 53.2 Å². The Morgan fingerprint density at radius 2 is 0.737 bits per heavy atom. The first-order valence-corrected chi connectivity index (χ1v) is 6.37. The van der Waals surface area contributed by atoms with Gasteiger partial charge in [0, 0.05) is 0 Å². The van der Waals surface area contributed by atoms with Crippen LogP contribution >= 0.6 is 23.2 Å². The fraction of sp³-hybridized carbons (Fsp3) is 0.818. The summed E-state index contributed by atoms with van der Waals surface area (Å²) in [5.74, 6) is 1.67. The number of alkyl halides is 2. The topological polar surface area (TPSA) is 115 Å². The van der Waals surface area contributed by atoms with Crippen LogP contribution in [0.25, 0.3) is 0 Å². The van der Waals surface area contributed by atoms with E-state index in [-0.39, 0.29) is 5.34 Å². The second-order valence-corrected chi connectivity index (χ2v) is 4.94. The largest absolute Gasteiger partial charge is 0.503 e. The lowest BCUT2D eigenvalue weighted by molar-refractivity contribution is 0.135. The van der Waals surface area contributed by atoms with Gasteiger partial charge >= 0.3 is 12.3 Å². The third kappa shape index (κ3) is 5050. The Balaban J connectivity index is -0.0000000432. The van der Waals surface area contributed by atoms with Crippen LogP contribution in [-0.2, 0) is 0 Å². The number of carboxylic acid groups (broad SMARTS) is 4. The summed E-state index contributed by atoms with van der Waals surface area (Å²) in [4.78, 5) is 17.1. The van der Waals surface area contributed by atoms with E-state index in [0.29, 0.717) is 0 Å². The van der Waals surface area contributed by atoms with Gasteiger partial charge in [0.05, 0.1) is 5.34 Å². The van der Waals surface area contributed by atoms with Crippen LogP contribution in [0.3, 0.4) is 0 Å². The van der Waals surface area contributed by atoms with Crippen LogP contribution in [0.2, 0.25) is 0 Å². The number of rotatable bonds is 0. The summed E-state index contributed by atoms with van der Waals surface area (Å²) < 4.78 is 0. The maximum Gasteiger partial charge on any atom is 0.503 e. The number of hydrogen-bond donors (Lipinski definition) is 4. The van der Waals surface area contributed by atoms with Crippen molar-refractivity contribution in [3.63, 3.8) is 0 Å². The lowest BCUT2D eigenvalue weighted by Gasteiger charge is -1.79. The van der Waals surface area contributed by atoms with Gasteiger partial charge in [-0.1, -0.05) is 41.5 Å². The van der Waals surface area contributed by atoms with Gasteiger partial charge in [0.15, 0.2) is 0 Å². The highest BCUT2D eigenvalue weighted by Crippen LogP contribution is 1.81. The van der Waals surface area contributed by atoms with Gasteiger partial charge in [-0.05, 0) is 11.8 Å². The summed E-state index contributed by atoms with van der Waals surface area (Å²) in [5, 5.41) is 28.1. The van der Waals surface area contributed by atoms with Crippen molar-refractivity contribution in [2.45, 2.75) is 41.5 Å². The maximum absolute atomic E-state index is 8.56. The van der Waals surface area contributed by atoms with Gasteiger partial charge < -0.3 is 20.4 Å². The molecule has 0 bridgehead atoms. The summed E-state index contributed by atoms with van der Waals surface area (Å²) in [6, 6.07) is 0. The molecular formula is C11H26Cl2O6. The molecule has 0 aromatic carbocycles. The van der Waals surface area contributed by atoms with E-state index < -0.39 is 12.3 Å². The molecule has 8 heteroatoms. The van der Waals surface area contributed by atoms with E-state index in [9.17, 15) is 0 Å². The highest BCUT2D eigenvalue weighted by molar-refractivity contribution is 6.40. The normalized spacial score (nSPS) is 7.26. The predicted octanol–water partition coefficient (Wildman–Crippen LogP) is 5.19. The monoisotopic (exact) mass is 324 g/mol. The zero-order valence-corrected chi connectivity index (χ0v) is 13.7. The van der Waals surface area contributed by atoms with Crippen LogP contribution in [0.1, 0.15) is 41.5 Å². The van der Waals surface area contributed by atoms with E-state index in [1.54, 1.807) is 0 Å². The molecule has 0 radical (unpaired) electrons. The zero-order valence-electron chi connectivity index (χ0n) is 12.2. The molecule has 0 fully saturated rings. The van der Waals surface area contributed by atoms with Crippen LogP contribution < -0.4 is 0 Å². The highest BCUT2D eigenvalue weighted by Gasteiger charge is 1.70. The lowest BCUT2D eigenvalue weighted by atomic mass is 10.3. The minimum atomic E-state index is -1.83. The van der Waals surface area contributed by atoms with E-state index in [2.05, 4.69) is 41.5 Å². The van der Waals surface area contributed by atoms with Gasteiger partial charge in [-0.2, -0.15) is 0 Å². The van der Waals surface area contributed by atoms with Gasteiger partial charge in [-0.15, -0.1) is 23.2 Å². The Morgan fingerprint density at radius 1 is 0.737 bits per heavy atom. The van der Waals surface area contributed by atoms with Crippen molar-refractivity contribution in [2.24, 2.45) is 11.8 Å². The predicted molar refractivity (Wildman–Crippen MR) is 78.9 cm³/mol. The molecule has 0 rings (SSSR count). The summed E-state index contributed by atoms with van der Waals surface area (Å²) in [5.41, 5.74) is 0. The Kier molecular flexibility index (Phi) is 49.2. The van der Waals surface area contributed by atoms with Gasteiger partial charge in [0.1, 0.15) is 0 Å². The number of carbonyl (C=O) groups is 2. The molecule has 0 aliphatic carbocycles. The standard InChI is InChI=1S/2C4H10.CH2Cl2.2CH2O3/c2*1-4(2)3;2-1-3;2*2-1(3)4/h2*4H,1-3H3;1H2;2*(H2,2,3,4). The average molecular weight is 325 g/mol. The van der Waals surface area contributed by atoms with Crippen LogP contribution in [0.4, 0.5) is 9.59 Å². The van der Waals surface area contributed by atoms with Crippen molar-refractivity contribution in [1.29, 1.82) is 0 Å². The summed E-state index contributed by atoms with van der Waals surface area (Å²) >= 11 is 9.53. The van der Waals surface area contributed by atoms with E-state index in [1.807, 2.05) is 0 Å². The van der Waals surface area contributed by atoms with Crippen LogP contribution in [0.5, 0.6) is 0 Å². The first kappa shape index (κ1) is 30.9. The molecule has 0 saturated heterocycles. The molecule has 0 spiro atoms. The van der Waals surface area contributed by atoms with Crippen molar-refractivity contribution in [3.05, 3.63) is 0 Å². The first-order valence-electron chi connectivity index (χ1n) is 5.30. The first-order chi connectivity index (χ1) is 8.34. The summed E-state index contributed by atoms with van der Waals surface area (Å²) in [6.07, 6.45) is -3.67. The van der Waals surface area contributed by atoms with Crippen LogP contribution in [-0.4, -0.2) is 38.1 Å². The Labute approximate surface area is 125 Å². The van der Waals surface area contributed by atoms with Crippen LogP contribution in [0.15, 0.2) is 0 Å². The van der Waals surface area contributed by atoms with Crippen LogP contribution in [0, 0.1) is 11.8 Å². The Bertz CT molecular complexity index is 143. The number of halogens is 2. The highest BCUT2D eigenvalue weighted by atomic mass is 35.5. The molecule has 0 unspecified atom stereocenters. The SMILES string of the molecule is CC(C)C.CC(C)C.ClCCl.O=C(O)O.O=C(O)O. The average Bonchev–Trinajstić information content (AvgIpc) is 1.97. The second kappa shape index (κ2) is 30.3. The maximum atomic E-state index is 8.56. The van der Waals surface area contributed by atoms with Crippen molar-refractivity contribution in [2.75, 3.05) is 5.34 Å². The molecule has 120 valence electrons. The Morgan fingerprint density at radius 3 is 0.737 bits per heavy atom. The van der Waals surface area contributed by atoms with Crippen molar-refractivity contribution in [1.82, 2.24) is 0 Å². The Hall–Kier alpha value is -0.880. The molecule has 6 nitrogen and oxygen atoms in total. The molecule has 0 amide bonds. The molecule has 4 N–H and O–H groups in total. The number of hydrogen-bond acceptors (Lipinski definition) is 2. The molecule has 0 heterocycles. The van der Waals surface area contributed by atoms with Crippen molar-refractivity contribution >= 4 is 35.5 Å². The van der Waals surface area contributed by atoms with Gasteiger partial charge in [-0.25, -0.2) is 9.59 Å². The molecule has 0 aromatic heterocycles.